The van der Waals surface area contributed by atoms with E-state index < -0.39 is 0 Å². The lowest BCUT2D eigenvalue weighted by Gasteiger charge is -2.26. The molecule has 6 nitrogen and oxygen atoms in total. The van der Waals surface area contributed by atoms with Gasteiger partial charge < -0.3 is 0 Å². The van der Waals surface area contributed by atoms with Crippen LogP contribution in [0.1, 0.15) is 50.2 Å². The number of nitro groups is 1. The zero-order chi connectivity index (χ0) is 21.5. The molecule has 30 heavy (non-hydrogen) atoms. The number of carbonyl (C=O) groups is 1. The Morgan fingerprint density at radius 2 is 1.87 bits per heavy atom. The number of nitro benzene ring substituents is 1. The molecule has 1 aliphatic rings. The van der Waals surface area contributed by atoms with E-state index >= 15 is 0 Å². The van der Waals surface area contributed by atoms with Crippen LogP contribution in [-0.4, -0.2) is 28.9 Å². The van der Waals surface area contributed by atoms with Crippen molar-refractivity contribution in [3.8, 4) is 0 Å². The molecule has 0 saturated carbocycles. The van der Waals surface area contributed by atoms with E-state index in [0.29, 0.717) is 16.4 Å². The summed E-state index contributed by atoms with van der Waals surface area (Å²) >= 11 is 1.40. The zero-order valence-electron chi connectivity index (χ0n) is 17.3. The van der Waals surface area contributed by atoms with Gasteiger partial charge in [-0.15, -0.1) is 0 Å². The van der Waals surface area contributed by atoms with Gasteiger partial charge in [0.15, 0.2) is 0 Å². The van der Waals surface area contributed by atoms with Crippen LogP contribution in [0.2, 0.25) is 0 Å². The van der Waals surface area contributed by atoms with E-state index in [1.165, 1.54) is 30.3 Å². The van der Waals surface area contributed by atoms with Crippen LogP contribution in [0.15, 0.2) is 58.3 Å². The normalized spacial score (nSPS) is 14.9. The van der Waals surface area contributed by atoms with E-state index in [1.54, 1.807) is 18.2 Å². The second kappa shape index (κ2) is 10.4. The second-order valence-electron chi connectivity index (χ2n) is 7.64. The molecule has 1 amide bonds. The van der Waals surface area contributed by atoms with Gasteiger partial charge in [0.25, 0.3) is 11.6 Å². The molecule has 2 aromatic rings. The Labute approximate surface area is 181 Å². The average Bonchev–Trinajstić information content (AvgIpc) is 2.74. The van der Waals surface area contributed by atoms with Gasteiger partial charge in [0.05, 0.1) is 9.82 Å². The van der Waals surface area contributed by atoms with Gasteiger partial charge in [-0.1, -0.05) is 56.3 Å². The van der Waals surface area contributed by atoms with E-state index in [0.717, 1.165) is 36.4 Å². The molecule has 0 aliphatic carbocycles. The summed E-state index contributed by atoms with van der Waals surface area (Å²) in [4.78, 5) is 25.0. The van der Waals surface area contributed by atoms with Gasteiger partial charge in [-0.25, -0.2) is 5.01 Å². The Hall–Kier alpha value is -2.64. The Morgan fingerprint density at radius 1 is 1.13 bits per heavy atom. The number of rotatable bonds is 7. The van der Waals surface area contributed by atoms with Crippen molar-refractivity contribution in [3.63, 3.8) is 0 Å². The highest BCUT2D eigenvalue weighted by molar-refractivity contribution is 7.99. The lowest BCUT2D eigenvalue weighted by molar-refractivity contribution is -0.387. The molecule has 2 aromatic carbocycles. The molecule has 1 fully saturated rings. The topological polar surface area (TPSA) is 75.5 Å². The van der Waals surface area contributed by atoms with Crippen molar-refractivity contribution in [2.24, 2.45) is 0 Å². The largest absolute Gasteiger partial charge is 0.285 e. The first-order chi connectivity index (χ1) is 14.4. The maximum atomic E-state index is 12.1. The Balaban J connectivity index is 1.75. The van der Waals surface area contributed by atoms with E-state index in [-0.39, 0.29) is 16.5 Å². The van der Waals surface area contributed by atoms with E-state index in [9.17, 15) is 14.9 Å². The Morgan fingerprint density at radius 3 is 2.57 bits per heavy atom. The van der Waals surface area contributed by atoms with Crippen molar-refractivity contribution >= 4 is 29.4 Å². The summed E-state index contributed by atoms with van der Waals surface area (Å²) in [5, 5.41) is 13.6. The minimum atomic E-state index is -0.370. The minimum Gasteiger partial charge on any atom is -0.285 e. The number of nitrogens with zero attached hydrogens (tertiary/aromatic N) is 2. The highest BCUT2D eigenvalue weighted by Gasteiger charge is 2.17. The molecule has 0 radical (unpaired) electrons. The molecule has 0 spiro atoms. The fraction of sp³-hybridized carbons (Fsp3) is 0.348. The lowest BCUT2D eigenvalue weighted by Crippen LogP contribution is -2.44. The summed E-state index contributed by atoms with van der Waals surface area (Å²) in [6, 6.07) is 13.0. The smallest absolute Gasteiger partial charge is 0.283 e. The maximum Gasteiger partial charge on any atom is 0.283 e. The first-order valence-electron chi connectivity index (χ1n) is 10.2. The summed E-state index contributed by atoms with van der Waals surface area (Å²) in [6.45, 7) is 5.93. The molecule has 158 valence electrons. The third-order valence-electron chi connectivity index (χ3n) is 4.99. The molecule has 0 atom stereocenters. The van der Waals surface area contributed by atoms with Crippen molar-refractivity contribution in [1.29, 1.82) is 0 Å². The molecule has 1 aliphatic heterocycles. The third-order valence-corrected chi connectivity index (χ3v) is 6.15. The summed E-state index contributed by atoms with van der Waals surface area (Å²) in [5.41, 5.74) is 4.68. The number of nitrogens with one attached hydrogen (secondary N) is 1. The van der Waals surface area contributed by atoms with Crippen molar-refractivity contribution < 1.29 is 9.72 Å². The second-order valence-corrected chi connectivity index (χ2v) is 8.72. The highest BCUT2D eigenvalue weighted by Crippen LogP contribution is 2.38. The van der Waals surface area contributed by atoms with Crippen LogP contribution >= 0.6 is 11.8 Å². The van der Waals surface area contributed by atoms with Gasteiger partial charge in [0.2, 0.25) is 0 Å². The molecule has 1 heterocycles. The van der Waals surface area contributed by atoms with Crippen molar-refractivity contribution in [3.05, 3.63) is 69.8 Å². The quantitative estimate of drug-likeness (QED) is 0.365. The van der Waals surface area contributed by atoms with Gasteiger partial charge >= 0.3 is 0 Å². The predicted octanol–water partition coefficient (Wildman–Crippen LogP) is 5.40. The fourth-order valence-electron chi connectivity index (χ4n) is 3.41. The van der Waals surface area contributed by atoms with E-state index in [1.807, 2.05) is 23.2 Å². The Bertz CT molecular complexity index is 937. The molecule has 0 unspecified atom stereocenters. The molecule has 0 aromatic heterocycles. The van der Waals surface area contributed by atoms with Crippen molar-refractivity contribution in [2.45, 2.75) is 48.8 Å². The summed E-state index contributed by atoms with van der Waals surface area (Å²) in [5.74, 6) is 0.109. The predicted molar refractivity (Wildman–Crippen MR) is 120 cm³/mol. The average molecular weight is 426 g/mol. The number of piperidine rings is 1. The summed E-state index contributed by atoms with van der Waals surface area (Å²) in [6.07, 6.45) is 6.39. The van der Waals surface area contributed by atoms with Crippen LogP contribution in [0, 0.1) is 10.1 Å². The standard InChI is InChI=1S/C23H27N3O3S/c1-17(2)19-8-4-5-9-21(19)30-22-12-10-18(16-20(22)26(28)29)11-13-23(27)24-25-14-6-3-7-15-25/h4-5,8-13,16-17H,3,6-7,14-15H2,1-2H3,(H,24,27). The van der Waals surface area contributed by atoms with Crippen molar-refractivity contribution in [1.82, 2.24) is 10.4 Å². The van der Waals surface area contributed by atoms with Gasteiger partial charge in [-0.05, 0) is 48.1 Å². The van der Waals surface area contributed by atoms with Crippen molar-refractivity contribution in [2.75, 3.05) is 13.1 Å². The van der Waals surface area contributed by atoms with E-state index in [2.05, 4.69) is 25.3 Å². The molecule has 7 heteroatoms. The minimum absolute atomic E-state index is 0.0390. The molecule has 1 saturated heterocycles. The van der Waals surface area contributed by atoms with Crippen LogP contribution < -0.4 is 5.43 Å². The fourth-order valence-corrected chi connectivity index (χ4v) is 4.59. The molecule has 3 rings (SSSR count). The van der Waals surface area contributed by atoms with Crippen LogP contribution in [0.3, 0.4) is 0 Å². The van der Waals surface area contributed by atoms with Crippen LogP contribution in [0.4, 0.5) is 5.69 Å². The number of benzene rings is 2. The first-order valence-corrected chi connectivity index (χ1v) is 11.0. The maximum absolute atomic E-state index is 12.1. The summed E-state index contributed by atoms with van der Waals surface area (Å²) < 4.78 is 0. The highest BCUT2D eigenvalue weighted by atomic mass is 32.2. The lowest BCUT2D eigenvalue weighted by atomic mass is 10.0. The van der Waals surface area contributed by atoms with Gasteiger partial charge in [-0.3, -0.25) is 20.3 Å². The number of amides is 1. The molecular formula is C23H27N3O3S. The third kappa shape index (κ3) is 5.93. The summed E-state index contributed by atoms with van der Waals surface area (Å²) in [7, 11) is 0. The molecular weight excluding hydrogens is 398 g/mol. The van der Waals surface area contributed by atoms with Gasteiger partial charge in [0, 0.05) is 30.1 Å². The number of hydrogen-bond acceptors (Lipinski definition) is 5. The molecule has 0 bridgehead atoms. The SMILES string of the molecule is CC(C)c1ccccc1Sc1ccc(C=CC(=O)NN2CCCCC2)cc1[N+](=O)[O-]. The molecule has 1 N–H and O–H groups in total. The zero-order valence-corrected chi connectivity index (χ0v) is 18.2. The number of hydrogen-bond donors (Lipinski definition) is 1. The van der Waals surface area contributed by atoms with E-state index in [4.69, 9.17) is 0 Å². The Kier molecular flexibility index (Phi) is 7.65. The van der Waals surface area contributed by atoms with Gasteiger partial charge in [0.1, 0.15) is 0 Å². The number of carbonyl (C=O) groups excluding carboxylic acids is 1. The van der Waals surface area contributed by atoms with Crippen LogP contribution in [-0.2, 0) is 4.79 Å². The van der Waals surface area contributed by atoms with Crippen LogP contribution in [0.5, 0.6) is 0 Å². The first kappa shape index (κ1) is 22.1. The van der Waals surface area contributed by atoms with Gasteiger partial charge in [-0.2, -0.15) is 0 Å². The van der Waals surface area contributed by atoms with Crippen LogP contribution in [0.25, 0.3) is 6.08 Å². The monoisotopic (exact) mass is 425 g/mol. The number of hydrazine groups is 1.